The summed E-state index contributed by atoms with van der Waals surface area (Å²) in [6.07, 6.45) is 5.15. The molecule has 0 aromatic rings. The molecule has 0 amide bonds. The smallest absolute Gasteiger partial charge is 0.309 e. The molecule has 2 unspecified atom stereocenters. The van der Waals surface area contributed by atoms with Gasteiger partial charge in [-0.1, -0.05) is 19.9 Å². The Morgan fingerprint density at radius 1 is 1.39 bits per heavy atom. The monoisotopic (exact) mass is 246 g/mol. The van der Waals surface area contributed by atoms with Crippen LogP contribution in [0.15, 0.2) is 23.5 Å². The topological polar surface area (TPSA) is 46.2 Å². The lowest BCUT2D eigenvalue weighted by molar-refractivity contribution is -0.143. The zero-order valence-electron chi connectivity index (χ0n) is 11.0. The zero-order chi connectivity index (χ0) is 13.1. The number of carbonyl (C=O) groups is 1. The summed E-state index contributed by atoms with van der Waals surface area (Å²) in [6, 6.07) is 0. The number of ether oxygens (including phenoxy) is 1. The van der Waals surface area contributed by atoms with Crippen LogP contribution in [-0.4, -0.2) is 12.1 Å². The molecule has 1 aliphatic heterocycles. The average molecular weight is 246 g/mol. The van der Waals surface area contributed by atoms with Gasteiger partial charge < -0.3 is 4.74 Å². The quantitative estimate of drug-likeness (QED) is 0.617. The van der Waals surface area contributed by atoms with E-state index in [-0.39, 0.29) is 29.7 Å². The maximum Gasteiger partial charge on any atom is 0.309 e. The van der Waals surface area contributed by atoms with Gasteiger partial charge in [-0.15, -0.1) is 0 Å². The molecule has 0 N–H and O–H groups in total. The number of allylic oxidation sites excluding steroid dienone is 3. The van der Waals surface area contributed by atoms with Gasteiger partial charge in [-0.3, -0.25) is 9.90 Å². The van der Waals surface area contributed by atoms with E-state index in [0.717, 1.165) is 18.4 Å². The fourth-order valence-corrected chi connectivity index (χ4v) is 3.56. The van der Waals surface area contributed by atoms with Gasteiger partial charge in [-0.05, 0) is 37.3 Å². The van der Waals surface area contributed by atoms with Crippen molar-refractivity contribution in [1.29, 1.82) is 0 Å². The number of carbonyl (C=O) groups excluding carboxylic acids is 1. The first-order valence-corrected chi connectivity index (χ1v) is 6.59. The highest BCUT2D eigenvalue weighted by Crippen LogP contribution is 2.56. The van der Waals surface area contributed by atoms with Crippen LogP contribution in [0, 0.1) is 23.2 Å². The van der Waals surface area contributed by atoms with Crippen molar-refractivity contribution in [3.8, 4) is 0 Å². The molecule has 0 aromatic carbocycles. The SMILES string of the molecule is C[C]1CCC2C(OC(=O)[C@H]2C)C2=CC=C([O])[C@]12C. The molecule has 0 aromatic heterocycles. The van der Waals surface area contributed by atoms with Gasteiger partial charge in [-0.25, -0.2) is 0 Å². The predicted octanol–water partition coefficient (Wildman–Crippen LogP) is 2.81. The molecular formula is C15H18O3. The van der Waals surface area contributed by atoms with Gasteiger partial charge in [0.2, 0.25) is 0 Å². The van der Waals surface area contributed by atoms with Crippen molar-refractivity contribution < 1.29 is 14.6 Å². The number of rotatable bonds is 0. The first-order chi connectivity index (χ1) is 8.46. The van der Waals surface area contributed by atoms with Gasteiger partial charge in [0, 0.05) is 5.92 Å². The zero-order valence-corrected chi connectivity index (χ0v) is 11.0. The third-order valence-corrected chi connectivity index (χ3v) is 5.14. The summed E-state index contributed by atoms with van der Waals surface area (Å²) in [6.45, 7) is 5.96. The lowest BCUT2D eigenvalue weighted by Gasteiger charge is -2.33. The summed E-state index contributed by atoms with van der Waals surface area (Å²) in [5.74, 6) is 1.38. The van der Waals surface area contributed by atoms with Gasteiger partial charge in [-0.2, -0.15) is 0 Å². The molecule has 0 spiro atoms. The molecule has 0 bridgehead atoms. The molecule has 18 heavy (non-hydrogen) atoms. The van der Waals surface area contributed by atoms with Crippen molar-refractivity contribution in [2.24, 2.45) is 17.3 Å². The van der Waals surface area contributed by atoms with Crippen LogP contribution in [0.25, 0.3) is 0 Å². The second-order valence-corrected chi connectivity index (χ2v) is 5.91. The number of fused-ring (bicyclic) bond motifs is 3. The first kappa shape index (κ1) is 11.8. The number of hydrogen-bond donors (Lipinski definition) is 0. The molecule has 3 nitrogen and oxygen atoms in total. The summed E-state index contributed by atoms with van der Waals surface area (Å²) in [4.78, 5) is 11.8. The Morgan fingerprint density at radius 2 is 2.11 bits per heavy atom. The molecule has 2 radical (unpaired) electrons. The second kappa shape index (κ2) is 3.62. The second-order valence-electron chi connectivity index (χ2n) is 5.91. The summed E-state index contributed by atoms with van der Waals surface area (Å²) >= 11 is 0. The Hall–Kier alpha value is -1.25. The Balaban J connectivity index is 2.04. The van der Waals surface area contributed by atoms with E-state index in [9.17, 15) is 9.90 Å². The molecule has 2 fully saturated rings. The summed E-state index contributed by atoms with van der Waals surface area (Å²) in [7, 11) is 0. The molecule has 96 valence electrons. The lowest BCUT2D eigenvalue weighted by Crippen LogP contribution is -2.31. The van der Waals surface area contributed by atoms with Gasteiger partial charge in [0.05, 0.1) is 11.3 Å². The minimum absolute atomic E-state index is 0.0539. The Labute approximate surface area is 108 Å². The van der Waals surface area contributed by atoms with E-state index in [1.54, 1.807) is 6.08 Å². The third-order valence-electron chi connectivity index (χ3n) is 5.14. The fraction of sp³-hybridized carbons (Fsp3) is 0.600. The molecule has 1 saturated heterocycles. The molecule has 1 heterocycles. The van der Waals surface area contributed by atoms with Crippen LogP contribution in [0.5, 0.6) is 0 Å². The first-order valence-electron chi connectivity index (χ1n) is 6.59. The van der Waals surface area contributed by atoms with Crippen LogP contribution in [0.4, 0.5) is 0 Å². The van der Waals surface area contributed by atoms with Crippen molar-refractivity contribution in [1.82, 2.24) is 0 Å². The van der Waals surface area contributed by atoms with Crippen molar-refractivity contribution in [3.63, 3.8) is 0 Å². The summed E-state index contributed by atoms with van der Waals surface area (Å²) in [5, 5.41) is 12.2. The van der Waals surface area contributed by atoms with Crippen molar-refractivity contribution in [3.05, 3.63) is 29.4 Å². The van der Waals surface area contributed by atoms with Gasteiger partial charge >= 0.3 is 5.97 Å². The standard InChI is InChI=1S/C15H18O3/c1-8-4-5-10-9(2)14(17)18-13(10)11-6-7-12(16)15(8,11)3/h6-7,9-10,13H,4-5H2,1-3H3/t9-,10?,13?,15+/m0/s1. The average Bonchev–Trinajstić information content (AvgIpc) is 2.74. The van der Waals surface area contributed by atoms with Crippen molar-refractivity contribution >= 4 is 5.97 Å². The van der Waals surface area contributed by atoms with Crippen LogP contribution in [-0.2, 0) is 14.6 Å². The minimum atomic E-state index is -0.538. The van der Waals surface area contributed by atoms with Crippen LogP contribution in [0.3, 0.4) is 0 Å². The Morgan fingerprint density at radius 3 is 2.83 bits per heavy atom. The van der Waals surface area contributed by atoms with Crippen LogP contribution in [0.1, 0.15) is 33.6 Å². The molecular weight excluding hydrogens is 228 g/mol. The minimum Gasteiger partial charge on any atom is -0.457 e. The molecule has 3 aliphatic rings. The van der Waals surface area contributed by atoms with E-state index < -0.39 is 5.41 Å². The summed E-state index contributed by atoms with van der Waals surface area (Å²) < 4.78 is 5.54. The fourth-order valence-electron chi connectivity index (χ4n) is 3.56. The van der Waals surface area contributed by atoms with Crippen molar-refractivity contribution in [2.75, 3.05) is 0 Å². The molecule has 2 aliphatic carbocycles. The maximum atomic E-state index is 12.2. The number of esters is 1. The molecule has 3 rings (SSSR count). The van der Waals surface area contributed by atoms with Crippen LogP contribution >= 0.6 is 0 Å². The number of hydrogen-bond acceptors (Lipinski definition) is 2. The van der Waals surface area contributed by atoms with E-state index in [1.807, 2.05) is 19.9 Å². The normalized spacial score (nSPS) is 43.7. The maximum absolute atomic E-state index is 12.2. The van der Waals surface area contributed by atoms with Crippen LogP contribution < -0.4 is 0 Å². The van der Waals surface area contributed by atoms with E-state index >= 15 is 0 Å². The van der Waals surface area contributed by atoms with Gasteiger partial charge in [0.25, 0.3) is 0 Å². The van der Waals surface area contributed by atoms with Crippen LogP contribution in [0.2, 0.25) is 0 Å². The molecule has 4 atom stereocenters. The predicted molar refractivity (Wildman–Crippen MR) is 65.6 cm³/mol. The van der Waals surface area contributed by atoms with E-state index in [4.69, 9.17) is 4.74 Å². The highest BCUT2D eigenvalue weighted by Gasteiger charge is 2.55. The van der Waals surface area contributed by atoms with Gasteiger partial charge in [0.15, 0.2) is 5.76 Å². The van der Waals surface area contributed by atoms with E-state index in [0.29, 0.717) is 0 Å². The van der Waals surface area contributed by atoms with Crippen molar-refractivity contribution in [2.45, 2.75) is 39.7 Å². The Kier molecular flexibility index (Phi) is 2.38. The Bertz CT molecular complexity index is 462. The summed E-state index contributed by atoms with van der Waals surface area (Å²) in [5.41, 5.74) is 0.453. The molecule has 3 heteroatoms. The highest BCUT2D eigenvalue weighted by molar-refractivity contribution is 5.76. The highest BCUT2D eigenvalue weighted by atomic mass is 16.6. The van der Waals surface area contributed by atoms with E-state index in [1.165, 1.54) is 5.92 Å². The van der Waals surface area contributed by atoms with E-state index in [2.05, 4.69) is 6.92 Å². The largest absolute Gasteiger partial charge is 0.457 e. The lowest BCUT2D eigenvalue weighted by atomic mass is 9.71. The third kappa shape index (κ3) is 1.28. The molecule has 1 saturated carbocycles. The van der Waals surface area contributed by atoms with Gasteiger partial charge in [0.1, 0.15) is 6.10 Å².